The fraction of sp³-hybridized carbons (Fsp3) is 0.647. The molecule has 108 valence electrons. The summed E-state index contributed by atoms with van der Waals surface area (Å²) in [4.78, 5) is 0. The van der Waals surface area contributed by atoms with Crippen molar-refractivity contribution in [3.05, 3.63) is 35.1 Å². The molecule has 2 heteroatoms. The van der Waals surface area contributed by atoms with Crippen LogP contribution in [0.3, 0.4) is 0 Å². The zero-order chi connectivity index (χ0) is 14.8. The maximum absolute atomic E-state index is 10.4. The van der Waals surface area contributed by atoms with E-state index in [-0.39, 0.29) is 5.92 Å². The van der Waals surface area contributed by atoms with Crippen LogP contribution in [0.1, 0.15) is 53.9 Å². The molecule has 0 bridgehead atoms. The first kappa shape index (κ1) is 16.0. The van der Waals surface area contributed by atoms with E-state index in [9.17, 15) is 10.2 Å². The van der Waals surface area contributed by atoms with Crippen LogP contribution in [0.4, 0.5) is 0 Å². The van der Waals surface area contributed by atoms with E-state index in [2.05, 4.69) is 19.6 Å². The Morgan fingerprint density at radius 1 is 1.47 bits per heavy atom. The predicted molar refractivity (Wildman–Crippen MR) is 81.0 cm³/mol. The molecule has 2 unspecified atom stereocenters. The van der Waals surface area contributed by atoms with Gasteiger partial charge in [0.2, 0.25) is 0 Å². The smallest absolute Gasteiger partial charge is 0.0946 e. The van der Waals surface area contributed by atoms with E-state index in [1.165, 1.54) is 5.57 Å². The normalized spacial score (nSPS) is 25.7. The number of hydrogen-bond donors (Lipinski definition) is 2. The molecule has 0 heterocycles. The molecule has 2 N–H and O–H groups in total. The summed E-state index contributed by atoms with van der Waals surface area (Å²) in [6.45, 7) is 13.7. The summed E-state index contributed by atoms with van der Waals surface area (Å²) < 4.78 is 0. The Balaban J connectivity index is 3.33. The second-order valence-corrected chi connectivity index (χ2v) is 6.30. The van der Waals surface area contributed by atoms with E-state index in [4.69, 9.17) is 0 Å². The number of aliphatic hydroxyl groups is 2. The van der Waals surface area contributed by atoms with Crippen LogP contribution in [0.2, 0.25) is 0 Å². The Bertz CT molecular complexity index is 407. The van der Waals surface area contributed by atoms with Gasteiger partial charge in [0.1, 0.15) is 0 Å². The second-order valence-electron chi connectivity index (χ2n) is 6.30. The lowest BCUT2D eigenvalue weighted by molar-refractivity contribution is 0.0978. The molecule has 0 amide bonds. The maximum Gasteiger partial charge on any atom is 0.0946 e. The monoisotopic (exact) mass is 264 g/mol. The Labute approximate surface area is 117 Å². The lowest BCUT2D eigenvalue weighted by atomic mass is 9.70. The zero-order valence-corrected chi connectivity index (χ0v) is 13.0. The summed E-state index contributed by atoms with van der Waals surface area (Å²) >= 11 is 0. The fourth-order valence-corrected chi connectivity index (χ4v) is 3.05. The Kier molecular flexibility index (Phi) is 5.03. The van der Waals surface area contributed by atoms with E-state index in [0.717, 1.165) is 24.0 Å². The van der Waals surface area contributed by atoms with Crippen LogP contribution in [0, 0.1) is 11.8 Å². The third kappa shape index (κ3) is 3.73. The molecule has 0 saturated heterocycles. The molecular weight excluding hydrogens is 236 g/mol. The van der Waals surface area contributed by atoms with Crippen LogP contribution < -0.4 is 0 Å². The summed E-state index contributed by atoms with van der Waals surface area (Å²) in [5.74, 6) is 0.680. The van der Waals surface area contributed by atoms with Crippen LogP contribution in [-0.4, -0.2) is 15.8 Å². The SMILES string of the molecule is C=C(C)C1CCC(C)=CC1/C(=C(\O)CC)C(C)(C)O. The minimum absolute atomic E-state index is 0.0613. The van der Waals surface area contributed by atoms with E-state index < -0.39 is 5.60 Å². The van der Waals surface area contributed by atoms with Crippen LogP contribution >= 0.6 is 0 Å². The highest BCUT2D eigenvalue weighted by atomic mass is 16.3. The highest BCUT2D eigenvalue weighted by Crippen LogP contribution is 2.42. The average Bonchev–Trinajstić information content (AvgIpc) is 2.26. The Morgan fingerprint density at radius 3 is 2.47 bits per heavy atom. The van der Waals surface area contributed by atoms with Gasteiger partial charge in [-0.15, -0.1) is 0 Å². The average molecular weight is 264 g/mol. The summed E-state index contributed by atoms with van der Waals surface area (Å²) in [5, 5.41) is 20.7. The van der Waals surface area contributed by atoms with Gasteiger partial charge in [0.25, 0.3) is 0 Å². The number of aliphatic hydroxyl groups excluding tert-OH is 1. The van der Waals surface area contributed by atoms with Crippen molar-refractivity contribution in [3.8, 4) is 0 Å². The molecule has 0 aromatic heterocycles. The van der Waals surface area contributed by atoms with E-state index in [0.29, 0.717) is 18.1 Å². The minimum Gasteiger partial charge on any atom is -0.512 e. The highest BCUT2D eigenvalue weighted by Gasteiger charge is 2.35. The molecule has 0 spiro atoms. The van der Waals surface area contributed by atoms with Gasteiger partial charge in [-0.1, -0.05) is 30.7 Å². The minimum atomic E-state index is -1.01. The molecule has 1 rings (SSSR count). The van der Waals surface area contributed by atoms with Gasteiger partial charge in [-0.05, 0) is 46.5 Å². The van der Waals surface area contributed by atoms with Crippen molar-refractivity contribution in [2.45, 2.75) is 59.5 Å². The molecular formula is C17H28O2. The highest BCUT2D eigenvalue weighted by molar-refractivity contribution is 5.31. The van der Waals surface area contributed by atoms with Crippen molar-refractivity contribution < 1.29 is 10.2 Å². The van der Waals surface area contributed by atoms with Gasteiger partial charge in [-0.3, -0.25) is 0 Å². The van der Waals surface area contributed by atoms with Gasteiger partial charge in [0.15, 0.2) is 0 Å². The molecule has 0 aliphatic heterocycles. The molecule has 0 radical (unpaired) electrons. The number of allylic oxidation sites excluding steroid dienone is 4. The quantitative estimate of drug-likeness (QED) is 0.578. The molecule has 0 aromatic carbocycles. The van der Waals surface area contributed by atoms with Gasteiger partial charge in [0.05, 0.1) is 11.4 Å². The van der Waals surface area contributed by atoms with Crippen LogP contribution in [0.15, 0.2) is 35.1 Å². The lowest BCUT2D eigenvalue weighted by Gasteiger charge is -2.37. The van der Waals surface area contributed by atoms with E-state index in [1.54, 1.807) is 13.8 Å². The maximum atomic E-state index is 10.4. The van der Waals surface area contributed by atoms with Gasteiger partial charge in [-0.25, -0.2) is 0 Å². The number of rotatable bonds is 4. The van der Waals surface area contributed by atoms with Crippen molar-refractivity contribution in [1.82, 2.24) is 0 Å². The van der Waals surface area contributed by atoms with E-state index in [1.807, 2.05) is 13.8 Å². The van der Waals surface area contributed by atoms with Crippen molar-refractivity contribution in [1.29, 1.82) is 0 Å². The largest absolute Gasteiger partial charge is 0.512 e. The first-order valence-corrected chi connectivity index (χ1v) is 7.16. The van der Waals surface area contributed by atoms with Crippen LogP contribution in [0.25, 0.3) is 0 Å². The fourth-order valence-electron chi connectivity index (χ4n) is 3.05. The van der Waals surface area contributed by atoms with Crippen LogP contribution in [0.5, 0.6) is 0 Å². The molecule has 2 nitrogen and oxygen atoms in total. The van der Waals surface area contributed by atoms with Crippen LogP contribution in [-0.2, 0) is 0 Å². The molecule has 0 saturated carbocycles. The van der Waals surface area contributed by atoms with Gasteiger partial charge in [-0.2, -0.15) is 0 Å². The summed E-state index contributed by atoms with van der Waals surface area (Å²) in [6.07, 6.45) is 4.85. The predicted octanol–water partition coefficient (Wildman–Crippen LogP) is 4.53. The Morgan fingerprint density at radius 2 is 2.05 bits per heavy atom. The molecule has 2 atom stereocenters. The van der Waals surface area contributed by atoms with Gasteiger partial charge < -0.3 is 10.2 Å². The first-order valence-electron chi connectivity index (χ1n) is 7.16. The molecule has 19 heavy (non-hydrogen) atoms. The van der Waals surface area contributed by atoms with Crippen molar-refractivity contribution in [3.63, 3.8) is 0 Å². The van der Waals surface area contributed by atoms with Crippen molar-refractivity contribution >= 4 is 0 Å². The summed E-state index contributed by atoms with van der Waals surface area (Å²) in [6, 6.07) is 0. The zero-order valence-electron chi connectivity index (χ0n) is 13.0. The van der Waals surface area contributed by atoms with Crippen molar-refractivity contribution in [2.75, 3.05) is 0 Å². The second kappa shape index (κ2) is 5.96. The van der Waals surface area contributed by atoms with Gasteiger partial charge in [0, 0.05) is 17.9 Å². The summed E-state index contributed by atoms with van der Waals surface area (Å²) in [5.41, 5.74) is 2.20. The standard InChI is InChI=1S/C17H28O2/c1-7-15(18)16(17(5,6)19)14-10-12(4)8-9-13(14)11(2)3/h10,13-14,18-19H,2,7-9H2,1,3-6H3/b16-15+. The molecule has 0 fully saturated rings. The number of hydrogen-bond acceptors (Lipinski definition) is 2. The third-order valence-electron chi connectivity index (χ3n) is 4.02. The van der Waals surface area contributed by atoms with Gasteiger partial charge >= 0.3 is 0 Å². The van der Waals surface area contributed by atoms with E-state index >= 15 is 0 Å². The lowest BCUT2D eigenvalue weighted by Crippen LogP contribution is -2.33. The molecule has 0 aromatic rings. The van der Waals surface area contributed by atoms with Crippen molar-refractivity contribution in [2.24, 2.45) is 11.8 Å². The third-order valence-corrected chi connectivity index (χ3v) is 4.02. The first-order chi connectivity index (χ1) is 8.68. The Hall–Kier alpha value is -1.02. The molecule has 1 aliphatic rings. The summed E-state index contributed by atoms with van der Waals surface area (Å²) in [7, 11) is 0. The molecule has 1 aliphatic carbocycles. The topological polar surface area (TPSA) is 40.5 Å².